The van der Waals surface area contributed by atoms with E-state index in [-0.39, 0.29) is 17.5 Å². The average Bonchev–Trinajstić information content (AvgIpc) is 2.32. The smallest absolute Gasteiger partial charge is 0.441 e. The van der Waals surface area contributed by atoms with Gasteiger partial charge in [-0.2, -0.15) is 13.2 Å². The molecule has 0 saturated carbocycles. The van der Waals surface area contributed by atoms with Crippen LogP contribution in [-0.4, -0.2) is 33.9 Å². The van der Waals surface area contributed by atoms with Gasteiger partial charge in [-0.25, -0.2) is 4.79 Å². The van der Waals surface area contributed by atoms with Crippen molar-refractivity contribution in [3.05, 3.63) is 33.9 Å². The molecule has 1 aromatic rings. The van der Waals surface area contributed by atoms with E-state index in [2.05, 4.69) is 0 Å². The second kappa shape index (κ2) is 6.46. The van der Waals surface area contributed by atoms with E-state index in [0.717, 1.165) is 12.1 Å². The van der Waals surface area contributed by atoms with Crippen LogP contribution in [0.4, 0.5) is 18.9 Å². The zero-order valence-electron chi connectivity index (χ0n) is 9.72. The summed E-state index contributed by atoms with van der Waals surface area (Å²) in [4.78, 5) is 20.7. The van der Waals surface area contributed by atoms with E-state index in [9.17, 15) is 28.1 Å². The Morgan fingerprint density at radius 2 is 2.10 bits per heavy atom. The van der Waals surface area contributed by atoms with Gasteiger partial charge >= 0.3 is 11.5 Å². The molecular formula is C10H8F3NO5S. The Labute approximate surface area is 114 Å². The van der Waals surface area contributed by atoms with Gasteiger partial charge in [0.05, 0.1) is 11.5 Å². The Morgan fingerprint density at radius 3 is 2.60 bits per heavy atom. The van der Waals surface area contributed by atoms with Crippen molar-refractivity contribution in [2.75, 3.05) is 12.4 Å². The highest BCUT2D eigenvalue weighted by Crippen LogP contribution is 2.31. The predicted octanol–water partition coefficient (Wildman–Crippen LogP) is 2.92. The molecule has 0 aromatic heterocycles. The summed E-state index contributed by atoms with van der Waals surface area (Å²) >= 11 is -0.329. The van der Waals surface area contributed by atoms with Crippen LogP contribution < -0.4 is 4.74 Å². The van der Waals surface area contributed by atoms with Crippen molar-refractivity contribution in [2.24, 2.45) is 0 Å². The summed E-state index contributed by atoms with van der Waals surface area (Å²) in [7, 11) is 0. The van der Waals surface area contributed by atoms with Crippen molar-refractivity contribution in [3.63, 3.8) is 0 Å². The molecule has 0 heterocycles. The first-order valence-electron chi connectivity index (χ1n) is 5.06. The molecular weight excluding hydrogens is 303 g/mol. The molecule has 0 aliphatic rings. The van der Waals surface area contributed by atoms with Crippen molar-refractivity contribution in [3.8, 4) is 5.75 Å². The van der Waals surface area contributed by atoms with E-state index in [1.54, 1.807) is 0 Å². The van der Waals surface area contributed by atoms with E-state index < -0.39 is 40.0 Å². The molecule has 0 amide bonds. The summed E-state index contributed by atoms with van der Waals surface area (Å²) in [6.45, 7) is -0.425. The third-order valence-corrected chi connectivity index (χ3v) is 2.72. The van der Waals surface area contributed by atoms with Crippen LogP contribution >= 0.6 is 11.8 Å². The molecule has 1 rings (SSSR count). The number of carboxylic acids is 1. The minimum atomic E-state index is -4.42. The molecule has 0 fully saturated rings. The largest absolute Gasteiger partial charge is 0.492 e. The first kappa shape index (κ1) is 16.1. The first-order chi connectivity index (χ1) is 9.22. The number of nitro groups is 1. The van der Waals surface area contributed by atoms with Gasteiger partial charge in [0, 0.05) is 11.8 Å². The summed E-state index contributed by atoms with van der Waals surface area (Å²) in [5, 5.41) is 19.6. The standard InChI is InChI=1S/C10H8F3NO5S/c11-10(12,13)20-5-4-19-7-3-1-2-6(14(17)18)8(7)9(15)16/h1-3H,4-5H2,(H,15,16). The number of carboxylic acid groups (broad SMARTS) is 1. The molecule has 0 saturated heterocycles. The van der Waals surface area contributed by atoms with E-state index in [1.165, 1.54) is 6.07 Å². The first-order valence-corrected chi connectivity index (χ1v) is 6.05. The molecule has 1 aromatic carbocycles. The number of hydrogen-bond donors (Lipinski definition) is 1. The van der Waals surface area contributed by atoms with Gasteiger partial charge in [0.25, 0.3) is 5.69 Å². The molecule has 0 spiro atoms. The SMILES string of the molecule is O=C(O)c1c(OCCSC(F)(F)F)cccc1[N+](=O)[O-]. The number of ether oxygens (including phenoxy) is 1. The Bertz CT molecular complexity index is 520. The lowest BCUT2D eigenvalue weighted by Crippen LogP contribution is -2.11. The van der Waals surface area contributed by atoms with Crippen molar-refractivity contribution < 1.29 is 32.7 Å². The molecule has 0 atom stereocenters. The molecule has 0 aliphatic carbocycles. The highest BCUT2D eigenvalue weighted by molar-refractivity contribution is 8.00. The summed E-state index contributed by atoms with van der Waals surface area (Å²) < 4.78 is 40.5. The van der Waals surface area contributed by atoms with Gasteiger partial charge in [-0.05, 0) is 17.8 Å². The number of alkyl halides is 3. The van der Waals surface area contributed by atoms with Gasteiger partial charge in [-0.15, -0.1) is 0 Å². The lowest BCUT2D eigenvalue weighted by molar-refractivity contribution is -0.385. The monoisotopic (exact) mass is 311 g/mol. The van der Waals surface area contributed by atoms with Crippen LogP contribution in [0, 0.1) is 10.1 Å². The Kier molecular flexibility index (Phi) is 5.19. The maximum atomic E-state index is 11.9. The van der Waals surface area contributed by atoms with Crippen molar-refractivity contribution >= 4 is 23.4 Å². The van der Waals surface area contributed by atoms with Crippen LogP contribution in [0.3, 0.4) is 0 Å². The van der Waals surface area contributed by atoms with Crippen molar-refractivity contribution in [1.82, 2.24) is 0 Å². The van der Waals surface area contributed by atoms with Crippen LogP contribution in [0.5, 0.6) is 5.75 Å². The highest BCUT2D eigenvalue weighted by atomic mass is 32.2. The summed E-state index contributed by atoms with van der Waals surface area (Å²) in [5.74, 6) is -2.38. The van der Waals surface area contributed by atoms with Crippen LogP contribution in [0.25, 0.3) is 0 Å². The molecule has 0 aliphatic heterocycles. The molecule has 20 heavy (non-hydrogen) atoms. The van der Waals surface area contributed by atoms with E-state index in [0.29, 0.717) is 0 Å². The fraction of sp³-hybridized carbons (Fsp3) is 0.300. The fourth-order valence-electron chi connectivity index (χ4n) is 1.32. The zero-order chi connectivity index (χ0) is 15.3. The molecule has 0 unspecified atom stereocenters. The second-order valence-corrected chi connectivity index (χ2v) is 4.52. The predicted molar refractivity (Wildman–Crippen MR) is 64.1 cm³/mol. The average molecular weight is 311 g/mol. The van der Waals surface area contributed by atoms with E-state index in [1.807, 2.05) is 0 Å². The van der Waals surface area contributed by atoms with Crippen molar-refractivity contribution in [2.45, 2.75) is 5.51 Å². The van der Waals surface area contributed by atoms with Crippen LogP contribution in [0.15, 0.2) is 18.2 Å². The van der Waals surface area contributed by atoms with Crippen LogP contribution in [0.1, 0.15) is 10.4 Å². The number of benzene rings is 1. The highest BCUT2D eigenvalue weighted by Gasteiger charge is 2.28. The lowest BCUT2D eigenvalue weighted by Gasteiger charge is -2.10. The summed E-state index contributed by atoms with van der Waals surface area (Å²) in [5.41, 5.74) is -5.78. The minimum Gasteiger partial charge on any atom is -0.492 e. The number of thioether (sulfide) groups is 1. The molecule has 0 bridgehead atoms. The molecule has 6 nitrogen and oxygen atoms in total. The van der Waals surface area contributed by atoms with Gasteiger partial charge in [0.2, 0.25) is 0 Å². The summed E-state index contributed by atoms with van der Waals surface area (Å²) in [6, 6.07) is 3.31. The second-order valence-electron chi connectivity index (χ2n) is 3.36. The molecule has 10 heteroatoms. The summed E-state index contributed by atoms with van der Waals surface area (Å²) in [6.07, 6.45) is 0. The maximum Gasteiger partial charge on any atom is 0.441 e. The third kappa shape index (κ3) is 4.61. The Hall–Kier alpha value is -1.97. The number of nitro benzene ring substituents is 1. The topological polar surface area (TPSA) is 89.7 Å². The van der Waals surface area contributed by atoms with Crippen LogP contribution in [-0.2, 0) is 0 Å². The number of aromatic carboxylic acids is 1. The number of carbonyl (C=O) groups is 1. The van der Waals surface area contributed by atoms with Gasteiger partial charge in [0.15, 0.2) is 5.56 Å². The number of hydrogen-bond acceptors (Lipinski definition) is 5. The minimum absolute atomic E-state index is 0.329. The van der Waals surface area contributed by atoms with Gasteiger partial charge in [0.1, 0.15) is 5.75 Å². The maximum absolute atomic E-state index is 11.9. The van der Waals surface area contributed by atoms with Crippen LogP contribution in [0.2, 0.25) is 0 Å². The fourth-order valence-corrected chi connectivity index (χ4v) is 1.71. The quantitative estimate of drug-likeness (QED) is 0.493. The van der Waals surface area contributed by atoms with Crippen molar-refractivity contribution in [1.29, 1.82) is 0 Å². The lowest BCUT2D eigenvalue weighted by atomic mass is 10.1. The van der Waals surface area contributed by atoms with E-state index >= 15 is 0 Å². The Morgan fingerprint density at radius 1 is 1.45 bits per heavy atom. The van der Waals surface area contributed by atoms with Gasteiger partial charge < -0.3 is 9.84 Å². The molecule has 1 N–H and O–H groups in total. The van der Waals surface area contributed by atoms with E-state index in [4.69, 9.17) is 9.84 Å². The molecule has 0 radical (unpaired) electrons. The number of halogens is 3. The van der Waals surface area contributed by atoms with Gasteiger partial charge in [-0.1, -0.05) is 6.07 Å². The van der Waals surface area contributed by atoms with Gasteiger partial charge in [-0.3, -0.25) is 10.1 Å². The number of nitrogens with zero attached hydrogens (tertiary/aromatic N) is 1. The Balaban J connectivity index is 2.82. The third-order valence-electron chi connectivity index (χ3n) is 2.02. The normalized spacial score (nSPS) is 11.2. The number of rotatable bonds is 6. The molecule has 110 valence electrons. The zero-order valence-corrected chi connectivity index (χ0v) is 10.5.